The Balaban J connectivity index is 2.59. The molecule has 1 aromatic carbocycles. The number of nitrogens with one attached hydrogen (secondary N) is 2. The van der Waals surface area contributed by atoms with Gasteiger partial charge in [0.15, 0.2) is 5.11 Å². The van der Waals surface area contributed by atoms with E-state index < -0.39 is 6.61 Å². The Hall–Kier alpha value is -1.47. The molecule has 4 nitrogen and oxygen atoms in total. The van der Waals surface area contributed by atoms with Gasteiger partial charge in [0.1, 0.15) is 5.75 Å². The first-order valence-corrected chi connectivity index (χ1v) is 6.53. The normalized spacial score (nSPS) is 10.4. The highest BCUT2D eigenvalue weighted by Crippen LogP contribution is 2.27. The number of methoxy groups -OCH3 is 1. The van der Waals surface area contributed by atoms with E-state index in [0.29, 0.717) is 24.0 Å². The van der Waals surface area contributed by atoms with Crippen LogP contribution >= 0.6 is 12.2 Å². The summed E-state index contributed by atoms with van der Waals surface area (Å²) in [4.78, 5) is 0. The first kappa shape index (κ1) is 16.6. The van der Waals surface area contributed by atoms with Gasteiger partial charge >= 0.3 is 6.61 Å². The lowest BCUT2D eigenvalue weighted by Crippen LogP contribution is -2.30. The molecule has 0 spiro atoms. The zero-order valence-electron chi connectivity index (χ0n) is 11.4. The Morgan fingerprint density at radius 1 is 1.40 bits per heavy atom. The number of benzene rings is 1. The lowest BCUT2D eigenvalue weighted by Gasteiger charge is -2.15. The molecule has 0 amide bonds. The molecule has 7 heteroatoms. The third kappa shape index (κ3) is 6.12. The molecule has 0 aliphatic rings. The maximum atomic E-state index is 12.3. The molecule has 0 aliphatic heterocycles. The molecule has 0 aromatic heterocycles. The van der Waals surface area contributed by atoms with Crippen LogP contribution < -0.4 is 15.4 Å². The molecule has 0 atom stereocenters. The number of hydrogen-bond acceptors (Lipinski definition) is 3. The number of anilines is 1. The molecule has 0 heterocycles. The predicted octanol–water partition coefficient (Wildman–Crippen LogP) is 2.92. The molecule has 0 bridgehead atoms. The van der Waals surface area contributed by atoms with Crippen LogP contribution in [0.5, 0.6) is 5.75 Å². The molecule has 112 valence electrons. The van der Waals surface area contributed by atoms with E-state index in [4.69, 9.17) is 17.0 Å². The topological polar surface area (TPSA) is 42.5 Å². The van der Waals surface area contributed by atoms with E-state index in [1.54, 1.807) is 26.2 Å². The van der Waals surface area contributed by atoms with E-state index in [9.17, 15) is 8.78 Å². The zero-order chi connectivity index (χ0) is 15.0. The minimum absolute atomic E-state index is 0.0704. The molecule has 0 saturated heterocycles. The largest absolute Gasteiger partial charge is 0.433 e. The number of thiocarbonyl (C=S) groups is 1. The van der Waals surface area contributed by atoms with Crippen LogP contribution in [0.2, 0.25) is 0 Å². The summed E-state index contributed by atoms with van der Waals surface area (Å²) in [5.41, 5.74) is 1.23. The van der Waals surface area contributed by atoms with Crippen molar-refractivity contribution in [2.24, 2.45) is 0 Å². The number of rotatable bonds is 7. The van der Waals surface area contributed by atoms with E-state index in [0.717, 1.165) is 12.0 Å². The van der Waals surface area contributed by atoms with Crippen LogP contribution in [0, 0.1) is 6.92 Å². The number of alkyl halides is 2. The van der Waals surface area contributed by atoms with E-state index in [1.165, 1.54) is 6.07 Å². The average molecular weight is 304 g/mol. The van der Waals surface area contributed by atoms with E-state index in [1.807, 2.05) is 0 Å². The first-order valence-electron chi connectivity index (χ1n) is 6.12. The molecule has 0 saturated carbocycles. The smallest absolute Gasteiger partial charge is 0.387 e. The van der Waals surface area contributed by atoms with Crippen molar-refractivity contribution >= 4 is 23.0 Å². The van der Waals surface area contributed by atoms with Gasteiger partial charge in [-0.25, -0.2) is 0 Å². The molecule has 2 N–H and O–H groups in total. The molecule has 1 rings (SSSR count). The molecule has 0 fully saturated rings. The van der Waals surface area contributed by atoms with Gasteiger partial charge in [-0.05, 0) is 43.3 Å². The third-order valence-corrected chi connectivity index (χ3v) is 2.66. The molecule has 0 radical (unpaired) electrons. The Morgan fingerprint density at radius 2 is 2.15 bits per heavy atom. The van der Waals surface area contributed by atoms with Gasteiger partial charge in [-0.3, -0.25) is 0 Å². The molecule has 0 aliphatic carbocycles. The van der Waals surface area contributed by atoms with Crippen molar-refractivity contribution in [3.8, 4) is 5.75 Å². The minimum atomic E-state index is -2.87. The number of hydrogen-bond donors (Lipinski definition) is 2. The highest BCUT2D eigenvalue weighted by molar-refractivity contribution is 7.80. The maximum Gasteiger partial charge on any atom is 0.387 e. The fourth-order valence-electron chi connectivity index (χ4n) is 1.51. The Kier molecular flexibility index (Phi) is 7.17. The van der Waals surface area contributed by atoms with Gasteiger partial charge in [-0.15, -0.1) is 0 Å². The lowest BCUT2D eigenvalue weighted by molar-refractivity contribution is -0.0493. The van der Waals surface area contributed by atoms with Gasteiger partial charge in [-0.2, -0.15) is 8.78 Å². The standard InChI is InChI=1S/C13H18F2N2O2S/c1-9-4-5-10(11(8-9)19-12(14)15)17-13(20)16-6-3-7-18-2/h4-5,8,12H,3,6-7H2,1-2H3,(H2,16,17,20). The SMILES string of the molecule is COCCCNC(=S)Nc1ccc(C)cc1OC(F)F. The minimum Gasteiger partial charge on any atom is -0.433 e. The van der Waals surface area contributed by atoms with Crippen molar-refractivity contribution in [1.29, 1.82) is 0 Å². The Morgan fingerprint density at radius 3 is 2.80 bits per heavy atom. The summed E-state index contributed by atoms with van der Waals surface area (Å²) in [6, 6.07) is 4.96. The van der Waals surface area contributed by atoms with Crippen molar-refractivity contribution in [1.82, 2.24) is 5.32 Å². The van der Waals surface area contributed by atoms with Crippen molar-refractivity contribution in [2.75, 3.05) is 25.6 Å². The molecule has 20 heavy (non-hydrogen) atoms. The quantitative estimate of drug-likeness (QED) is 0.599. The van der Waals surface area contributed by atoms with Gasteiger partial charge in [0, 0.05) is 20.3 Å². The second kappa shape index (κ2) is 8.65. The van der Waals surface area contributed by atoms with Crippen molar-refractivity contribution < 1.29 is 18.3 Å². The molecule has 0 unspecified atom stereocenters. The summed E-state index contributed by atoms with van der Waals surface area (Å²) in [7, 11) is 1.62. The van der Waals surface area contributed by atoms with Crippen molar-refractivity contribution in [3.63, 3.8) is 0 Å². The van der Waals surface area contributed by atoms with Crippen LogP contribution in [0.25, 0.3) is 0 Å². The Bertz CT molecular complexity index is 444. The van der Waals surface area contributed by atoms with Gasteiger partial charge in [0.2, 0.25) is 0 Å². The average Bonchev–Trinajstić information content (AvgIpc) is 2.37. The van der Waals surface area contributed by atoms with E-state index >= 15 is 0 Å². The summed E-state index contributed by atoms with van der Waals surface area (Å²) in [5.74, 6) is 0.0704. The van der Waals surface area contributed by atoms with Crippen LogP contribution in [0.15, 0.2) is 18.2 Å². The first-order chi connectivity index (χ1) is 9.52. The summed E-state index contributed by atoms with van der Waals surface area (Å²) in [6.07, 6.45) is 0.798. The summed E-state index contributed by atoms with van der Waals surface area (Å²) in [6.45, 7) is 0.181. The summed E-state index contributed by atoms with van der Waals surface area (Å²) >= 11 is 5.09. The van der Waals surface area contributed by atoms with Gasteiger partial charge in [-0.1, -0.05) is 6.07 Å². The van der Waals surface area contributed by atoms with Gasteiger partial charge < -0.3 is 20.1 Å². The summed E-state index contributed by atoms with van der Waals surface area (Å²) < 4.78 is 34.1. The number of aryl methyl sites for hydroxylation is 1. The number of halogens is 2. The van der Waals surface area contributed by atoms with Crippen molar-refractivity contribution in [2.45, 2.75) is 20.0 Å². The molecular weight excluding hydrogens is 286 g/mol. The van der Waals surface area contributed by atoms with E-state index in [2.05, 4.69) is 15.4 Å². The van der Waals surface area contributed by atoms with Gasteiger partial charge in [0.05, 0.1) is 5.69 Å². The van der Waals surface area contributed by atoms with Crippen LogP contribution in [0.3, 0.4) is 0 Å². The van der Waals surface area contributed by atoms with Crippen molar-refractivity contribution in [3.05, 3.63) is 23.8 Å². The Labute approximate surface area is 122 Å². The third-order valence-electron chi connectivity index (χ3n) is 2.41. The lowest BCUT2D eigenvalue weighted by atomic mass is 10.2. The van der Waals surface area contributed by atoms with Crippen LogP contribution in [-0.4, -0.2) is 32.0 Å². The highest BCUT2D eigenvalue weighted by atomic mass is 32.1. The molecule has 1 aromatic rings. The highest BCUT2D eigenvalue weighted by Gasteiger charge is 2.10. The van der Waals surface area contributed by atoms with Crippen LogP contribution in [0.1, 0.15) is 12.0 Å². The molecular formula is C13H18F2N2O2S. The zero-order valence-corrected chi connectivity index (χ0v) is 12.2. The fraction of sp³-hybridized carbons (Fsp3) is 0.462. The monoisotopic (exact) mass is 304 g/mol. The van der Waals surface area contributed by atoms with E-state index in [-0.39, 0.29) is 5.75 Å². The van der Waals surface area contributed by atoms with Crippen LogP contribution in [0.4, 0.5) is 14.5 Å². The van der Waals surface area contributed by atoms with Gasteiger partial charge in [0.25, 0.3) is 0 Å². The number of ether oxygens (including phenoxy) is 2. The van der Waals surface area contributed by atoms with Crippen LogP contribution in [-0.2, 0) is 4.74 Å². The predicted molar refractivity (Wildman–Crippen MR) is 78.5 cm³/mol. The fourth-order valence-corrected chi connectivity index (χ4v) is 1.72. The maximum absolute atomic E-state index is 12.3. The summed E-state index contributed by atoms with van der Waals surface area (Å²) in [5, 5.41) is 6.15. The second-order valence-corrected chi connectivity index (χ2v) is 4.51. The second-order valence-electron chi connectivity index (χ2n) is 4.11.